The molecule has 0 spiro atoms. The molecule has 0 unspecified atom stereocenters. The fourth-order valence-electron chi connectivity index (χ4n) is 1.66. The highest BCUT2D eigenvalue weighted by Gasteiger charge is 2.13. The lowest BCUT2D eigenvalue weighted by Gasteiger charge is -1.96. The van der Waals surface area contributed by atoms with Gasteiger partial charge in [0.25, 0.3) is 5.89 Å². The molecule has 0 aliphatic carbocycles. The third-order valence-electron chi connectivity index (χ3n) is 2.56. The predicted molar refractivity (Wildman–Crippen MR) is 66.3 cm³/mol. The van der Waals surface area contributed by atoms with E-state index in [-0.39, 0.29) is 17.4 Å². The minimum absolute atomic E-state index is 0.0337. The molecule has 3 rings (SSSR count). The summed E-state index contributed by atoms with van der Waals surface area (Å²) in [6.07, 6.45) is 2.82. The Balaban J connectivity index is 2.03. The van der Waals surface area contributed by atoms with Crippen molar-refractivity contribution in [2.75, 3.05) is 0 Å². The number of rotatable bonds is 2. The van der Waals surface area contributed by atoms with Gasteiger partial charge >= 0.3 is 0 Å². The molecule has 3 aromatic rings. The van der Waals surface area contributed by atoms with E-state index in [1.54, 1.807) is 24.3 Å². The summed E-state index contributed by atoms with van der Waals surface area (Å²) in [5.41, 5.74) is 1.04. The third kappa shape index (κ3) is 2.11. The van der Waals surface area contributed by atoms with Crippen molar-refractivity contribution in [3.63, 3.8) is 0 Å². The van der Waals surface area contributed by atoms with Crippen LogP contribution in [0.2, 0.25) is 0 Å². The molecule has 0 amide bonds. The normalized spacial score (nSPS) is 10.5. The highest BCUT2D eigenvalue weighted by atomic mass is 16.5. The zero-order chi connectivity index (χ0) is 13.2. The number of hydrogen-bond donors (Lipinski definition) is 2. The van der Waals surface area contributed by atoms with E-state index in [0.717, 1.165) is 0 Å². The molecule has 6 heteroatoms. The number of nitrogens with zero attached hydrogens (tertiary/aromatic N) is 3. The fourth-order valence-corrected chi connectivity index (χ4v) is 1.66. The Morgan fingerprint density at radius 2 is 2.00 bits per heavy atom. The molecule has 0 aliphatic heterocycles. The summed E-state index contributed by atoms with van der Waals surface area (Å²) in [5, 5.41) is 22.9. The van der Waals surface area contributed by atoms with Gasteiger partial charge in [0.2, 0.25) is 5.82 Å². The summed E-state index contributed by atoms with van der Waals surface area (Å²) in [5.74, 6) is 0.615. The van der Waals surface area contributed by atoms with Crippen molar-refractivity contribution in [3.05, 3.63) is 42.7 Å². The SMILES string of the molecule is Oc1cccc(-c2noc(-c3ccncc3O)n2)c1. The van der Waals surface area contributed by atoms with Gasteiger partial charge in [0.15, 0.2) is 0 Å². The van der Waals surface area contributed by atoms with E-state index in [4.69, 9.17) is 4.52 Å². The molecule has 2 N–H and O–H groups in total. The zero-order valence-corrected chi connectivity index (χ0v) is 9.69. The number of pyridine rings is 1. The Morgan fingerprint density at radius 3 is 2.79 bits per heavy atom. The second kappa shape index (κ2) is 4.41. The largest absolute Gasteiger partial charge is 0.508 e. The number of phenolic OH excluding ortho intramolecular Hbond substituents is 1. The first-order valence-electron chi connectivity index (χ1n) is 5.50. The van der Waals surface area contributed by atoms with E-state index in [9.17, 15) is 10.2 Å². The lowest BCUT2D eigenvalue weighted by atomic mass is 10.2. The van der Waals surface area contributed by atoms with Crippen LogP contribution in [0.5, 0.6) is 11.5 Å². The van der Waals surface area contributed by atoms with Gasteiger partial charge in [-0.1, -0.05) is 17.3 Å². The lowest BCUT2D eigenvalue weighted by molar-refractivity contribution is 0.425. The molecule has 2 aromatic heterocycles. The number of benzene rings is 1. The second-order valence-corrected chi connectivity index (χ2v) is 3.87. The summed E-state index contributed by atoms with van der Waals surface area (Å²) in [6.45, 7) is 0. The third-order valence-corrected chi connectivity index (χ3v) is 2.56. The monoisotopic (exact) mass is 255 g/mol. The molecule has 0 fully saturated rings. The number of aromatic nitrogens is 3. The van der Waals surface area contributed by atoms with Crippen molar-refractivity contribution >= 4 is 0 Å². The van der Waals surface area contributed by atoms with Crippen LogP contribution < -0.4 is 0 Å². The summed E-state index contributed by atoms with van der Waals surface area (Å²) in [7, 11) is 0. The van der Waals surface area contributed by atoms with Crippen LogP contribution in [0.4, 0.5) is 0 Å². The lowest BCUT2D eigenvalue weighted by Crippen LogP contribution is -1.82. The van der Waals surface area contributed by atoms with E-state index in [2.05, 4.69) is 15.1 Å². The van der Waals surface area contributed by atoms with Crippen LogP contribution in [-0.2, 0) is 0 Å². The molecule has 0 bridgehead atoms. The standard InChI is InChI=1S/C13H9N3O3/c17-9-3-1-2-8(6-9)12-15-13(19-16-12)10-4-5-14-7-11(10)18/h1-7,17-18H. The Bertz CT molecular complexity index is 724. The molecule has 6 nitrogen and oxygen atoms in total. The van der Waals surface area contributed by atoms with Gasteiger partial charge in [-0.25, -0.2) is 0 Å². The Kier molecular flexibility index (Phi) is 2.60. The van der Waals surface area contributed by atoms with Gasteiger partial charge in [-0.3, -0.25) is 4.98 Å². The van der Waals surface area contributed by atoms with Crippen molar-refractivity contribution in [1.29, 1.82) is 0 Å². The first-order chi connectivity index (χ1) is 9.24. The summed E-state index contributed by atoms with van der Waals surface area (Å²) in [4.78, 5) is 7.95. The summed E-state index contributed by atoms with van der Waals surface area (Å²) < 4.78 is 5.10. The van der Waals surface area contributed by atoms with Crippen molar-refractivity contribution < 1.29 is 14.7 Å². The number of aromatic hydroxyl groups is 2. The molecular weight excluding hydrogens is 246 g/mol. The number of phenols is 1. The zero-order valence-electron chi connectivity index (χ0n) is 9.69. The van der Waals surface area contributed by atoms with E-state index in [1.807, 2.05) is 0 Å². The van der Waals surface area contributed by atoms with Crippen LogP contribution in [0.3, 0.4) is 0 Å². The minimum atomic E-state index is -0.0337. The van der Waals surface area contributed by atoms with Crippen molar-refractivity contribution in [2.24, 2.45) is 0 Å². The molecule has 19 heavy (non-hydrogen) atoms. The van der Waals surface area contributed by atoms with E-state index in [1.165, 1.54) is 18.5 Å². The van der Waals surface area contributed by atoms with E-state index in [0.29, 0.717) is 17.0 Å². The fraction of sp³-hybridized carbons (Fsp3) is 0. The highest BCUT2D eigenvalue weighted by molar-refractivity contribution is 5.64. The summed E-state index contributed by atoms with van der Waals surface area (Å²) in [6, 6.07) is 8.10. The molecule has 0 radical (unpaired) electrons. The first kappa shape index (κ1) is 11.2. The van der Waals surface area contributed by atoms with Crippen LogP contribution in [0.1, 0.15) is 0 Å². The van der Waals surface area contributed by atoms with E-state index < -0.39 is 0 Å². The minimum Gasteiger partial charge on any atom is -0.508 e. The first-order valence-corrected chi connectivity index (χ1v) is 5.50. The van der Waals surface area contributed by atoms with E-state index >= 15 is 0 Å². The number of hydrogen-bond acceptors (Lipinski definition) is 6. The van der Waals surface area contributed by atoms with Gasteiger partial charge in [0.05, 0.1) is 11.8 Å². The van der Waals surface area contributed by atoms with Crippen LogP contribution in [0, 0.1) is 0 Å². The van der Waals surface area contributed by atoms with Crippen LogP contribution in [0.25, 0.3) is 22.8 Å². The van der Waals surface area contributed by atoms with Gasteiger partial charge in [-0.15, -0.1) is 0 Å². The molecule has 0 atom stereocenters. The summed E-state index contributed by atoms with van der Waals surface area (Å²) >= 11 is 0. The average molecular weight is 255 g/mol. The van der Waals surface area contributed by atoms with Gasteiger partial charge in [0.1, 0.15) is 11.5 Å². The predicted octanol–water partition coefficient (Wildman–Crippen LogP) is 2.21. The van der Waals surface area contributed by atoms with Gasteiger partial charge < -0.3 is 14.7 Å². The molecule has 0 saturated heterocycles. The van der Waals surface area contributed by atoms with Crippen molar-refractivity contribution in [3.8, 4) is 34.3 Å². The Labute approximate surface area is 108 Å². The van der Waals surface area contributed by atoms with Crippen molar-refractivity contribution in [2.45, 2.75) is 0 Å². The molecule has 2 heterocycles. The molecule has 0 aliphatic rings. The maximum absolute atomic E-state index is 9.66. The smallest absolute Gasteiger partial charge is 0.262 e. The molecule has 94 valence electrons. The van der Waals surface area contributed by atoms with Crippen LogP contribution >= 0.6 is 0 Å². The average Bonchev–Trinajstić information content (AvgIpc) is 2.89. The highest BCUT2D eigenvalue weighted by Crippen LogP contribution is 2.28. The molecular formula is C13H9N3O3. The van der Waals surface area contributed by atoms with Crippen LogP contribution in [-0.4, -0.2) is 25.3 Å². The van der Waals surface area contributed by atoms with Gasteiger partial charge in [0, 0.05) is 11.8 Å². The molecule has 0 saturated carbocycles. The van der Waals surface area contributed by atoms with Crippen LogP contribution in [0.15, 0.2) is 47.2 Å². The second-order valence-electron chi connectivity index (χ2n) is 3.87. The maximum atomic E-state index is 9.66. The Morgan fingerprint density at radius 1 is 1.11 bits per heavy atom. The molecule has 1 aromatic carbocycles. The van der Waals surface area contributed by atoms with Gasteiger partial charge in [-0.05, 0) is 18.2 Å². The Hall–Kier alpha value is -2.89. The quantitative estimate of drug-likeness (QED) is 0.729. The van der Waals surface area contributed by atoms with Gasteiger partial charge in [-0.2, -0.15) is 4.98 Å². The van der Waals surface area contributed by atoms with Crippen molar-refractivity contribution in [1.82, 2.24) is 15.1 Å². The topological polar surface area (TPSA) is 92.3 Å². The maximum Gasteiger partial charge on any atom is 0.262 e.